The van der Waals surface area contributed by atoms with Gasteiger partial charge >= 0.3 is 0 Å². The van der Waals surface area contributed by atoms with Gasteiger partial charge in [-0.25, -0.2) is 8.42 Å². The highest BCUT2D eigenvalue weighted by atomic mass is 32.2. The molecule has 0 saturated heterocycles. The van der Waals surface area contributed by atoms with Gasteiger partial charge < -0.3 is 5.73 Å². The maximum Gasteiger partial charge on any atom is 0.154 e. The number of hydrogen-bond acceptors (Lipinski definition) is 3. The molecule has 3 nitrogen and oxygen atoms in total. The highest BCUT2D eigenvalue weighted by Crippen LogP contribution is 2.01. The fourth-order valence-electron chi connectivity index (χ4n) is 0.604. The Morgan fingerprint density at radius 3 is 2.45 bits per heavy atom. The molecule has 0 bridgehead atoms. The van der Waals surface area contributed by atoms with Crippen molar-refractivity contribution in [2.75, 3.05) is 19.0 Å². The first kappa shape index (κ1) is 10.8. The van der Waals surface area contributed by atoms with Crippen molar-refractivity contribution in [3.63, 3.8) is 0 Å². The normalized spacial score (nSPS) is 14.8. The van der Waals surface area contributed by atoms with Gasteiger partial charge in [-0.05, 0) is 13.3 Å². The van der Waals surface area contributed by atoms with E-state index in [1.54, 1.807) is 0 Å². The lowest BCUT2D eigenvalue weighted by Gasteiger charge is -2.08. The average molecular weight is 183 g/mol. The second-order valence-corrected chi connectivity index (χ2v) is 4.99. The Morgan fingerprint density at radius 1 is 1.55 bits per heavy atom. The maximum absolute atomic E-state index is 11.6. The Hall–Kier alpha value is -0.160. The third kappa shape index (κ3) is 3.67. The van der Waals surface area contributed by atoms with E-state index in [9.17, 15) is 12.8 Å². The van der Waals surface area contributed by atoms with Crippen molar-refractivity contribution in [1.82, 2.24) is 0 Å². The van der Waals surface area contributed by atoms with Gasteiger partial charge in [0, 0.05) is 6.54 Å². The molecule has 5 heteroatoms. The van der Waals surface area contributed by atoms with Gasteiger partial charge in [-0.2, -0.15) is 0 Å². The van der Waals surface area contributed by atoms with Gasteiger partial charge in [0.15, 0.2) is 9.84 Å². The van der Waals surface area contributed by atoms with Crippen molar-refractivity contribution in [2.24, 2.45) is 5.73 Å². The molecule has 2 N–H and O–H groups in total. The molecule has 0 radical (unpaired) electrons. The van der Waals surface area contributed by atoms with Crippen LogP contribution in [0.2, 0.25) is 0 Å². The van der Waals surface area contributed by atoms with E-state index in [-0.39, 0.29) is 18.7 Å². The molecule has 0 saturated carbocycles. The van der Waals surface area contributed by atoms with Crippen LogP contribution in [0.5, 0.6) is 0 Å². The minimum atomic E-state index is -3.14. The molecular weight excluding hydrogens is 169 g/mol. The highest BCUT2D eigenvalue weighted by molar-refractivity contribution is 7.92. The number of hydrogen-bond donors (Lipinski definition) is 1. The lowest BCUT2D eigenvalue weighted by molar-refractivity contribution is 0.483. The van der Waals surface area contributed by atoms with E-state index < -0.39 is 21.8 Å². The minimum absolute atomic E-state index is 0.0761. The first-order valence-corrected chi connectivity index (χ1v) is 5.23. The first-order chi connectivity index (χ1) is 5.04. The van der Waals surface area contributed by atoms with Gasteiger partial charge in [0.1, 0.15) is 0 Å². The summed E-state index contributed by atoms with van der Waals surface area (Å²) in [6.45, 7) is 1.05. The van der Waals surface area contributed by atoms with Crippen molar-refractivity contribution >= 4 is 9.84 Å². The van der Waals surface area contributed by atoms with E-state index in [2.05, 4.69) is 0 Å². The van der Waals surface area contributed by atoms with Crippen LogP contribution in [-0.2, 0) is 9.84 Å². The van der Waals surface area contributed by atoms with Crippen molar-refractivity contribution in [3.05, 3.63) is 0 Å². The van der Waals surface area contributed by atoms with E-state index >= 15 is 0 Å². The number of alkyl halides is 1. The third-order valence-electron chi connectivity index (χ3n) is 1.51. The quantitative estimate of drug-likeness (QED) is 0.658. The molecule has 0 aliphatic rings. The molecule has 1 atom stereocenters. The molecule has 0 aliphatic heterocycles. The highest BCUT2D eigenvalue weighted by Gasteiger charge is 2.17. The van der Waals surface area contributed by atoms with Gasteiger partial charge in [0.2, 0.25) is 0 Å². The second kappa shape index (κ2) is 4.66. The Morgan fingerprint density at radius 2 is 2.09 bits per heavy atom. The summed E-state index contributed by atoms with van der Waals surface area (Å²) in [7, 11) is -3.14. The molecule has 1 unspecified atom stereocenters. The Kier molecular flexibility index (Phi) is 4.60. The van der Waals surface area contributed by atoms with E-state index in [1.165, 1.54) is 6.92 Å². The van der Waals surface area contributed by atoms with Crippen LogP contribution in [0.1, 0.15) is 13.3 Å². The van der Waals surface area contributed by atoms with Crippen LogP contribution in [0.15, 0.2) is 0 Å². The van der Waals surface area contributed by atoms with Crippen LogP contribution < -0.4 is 5.73 Å². The van der Waals surface area contributed by atoms with Gasteiger partial charge in [-0.15, -0.1) is 0 Å². The summed E-state index contributed by atoms with van der Waals surface area (Å²) in [4.78, 5) is 0. The Balaban J connectivity index is 4.01. The predicted octanol–water partition coefficient (Wildman–Crippen LogP) is 0.108. The summed E-state index contributed by atoms with van der Waals surface area (Å²) in [5.74, 6) is -0.0954. The fraction of sp³-hybridized carbons (Fsp3) is 1.00. The van der Waals surface area contributed by atoms with Crippen LogP contribution in [0.3, 0.4) is 0 Å². The summed E-state index contributed by atoms with van der Waals surface area (Å²) < 4.78 is 33.7. The predicted molar refractivity (Wildman–Crippen MR) is 42.9 cm³/mol. The van der Waals surface area contributed by atoms with Gasteiger partial charge in [0.05, 0.1) is 17.7 Å². The first-order valence-electron chi connectivity index (χ1n) is 3.52. The van der Waals surface area contributed by atoms with Crippen molar-refractivity contribution < 1.29 is 12.8 Å². The second-order valence-electron chi connectivity index (χ2n) is 2.46. The zero-order valence-electron chi connectivity index (χ0n) is 6.59. The van der Waals surface area contributed by atoms with E-state index in [4.69, 9.17) is 5.73 Å². The lowest BCUT2D eigenvalue weighted by Crippen LogP contribution is -2.28. The monoisotopic (exact) mass is 183 g/mol. The van der Waals surface area contributed by atoms with Crippen molar-refractivity contribution in [2.45, 2.75) is 18.6 Å². The molecule has 0 amide bonds. The molecule has 68 valence electrons. The Labute approximate surface area is 66.7 Å². The number of nitrogens with two attached hydrogens (primary N) is 1. The number of halogens is 1. The topological polar surface area (TPSA) is 60.2 Å². The van der Waals surface area contributed by atoms with Crippen LogP contribution >= 0.6 is 0 Å². The smallest absolute Gasteiger partial charge is 0.154 e. The van der Waals surface area contributed by atoms with E-state index in [0.717, 1.165) is 0 Å². The van der Waals surface area contributed by atoms with Crippen LogP contribution in [-0.4, -0.2) is 32.6 Å². The summed E-state index contributed by atoms with van der Waals surface area (Å²) in [6, 6.07) is 0. The zero-order valence-corrected chi connectivity index (χ0v) is 7.40. The molecule has 0 aliphatic carbocycles. The maximum atomic E-state index is 11.6. The largest absolute Gasteiger partial charge is 0.329 e. The van der Waals surface area contributed by atoms with Crippen LogP contribution in [0, 0.1) is 0 Å². The van der Waals surface area contributed by atoms with Crippen molar-refractivity contribution in [1.29, 1.82) is 0 Å². The zero-order chi connectivity index (χ0) is 8.91. The molecule has 0 aromatic carbocycles. The molecule has 11 heavy (non-hydrogen) atoms. The lowest BCUT2D eigenvalue weighted by atomic mass is 10.5. The van der Waals surface area contributed by atoms with Crippen LogP contribution in [0.25, 0.3) is 0 Å². The Bertz CT molecular complexity index is 191. The summed E-state index contributed by atoms with van der Waals surface area (Å²) in [5, 5.41) is -0.547. The fourth-order valence-corrected chi connectivity index (χ4v) is 1.81. The van der Waals surface area contributed by atoms with Gasteiger partial charge in [-0.1, -0.05) is 0 Å². The minimum Gasteiger partial charge on any atom is -0.329 e. The number of rotatable bonds is 5. The van der Waals surface area contributed by atoms with E-state index in [0.29, 0.717) is 0 Å². The van der Waals surface area contributed by atoms with Crippen molar-refractivity contribution in [3.8, 4) is 0 Å². The van der Waals surface area contributed by atoms with Gasteiger partial charge in [-0.3, -0.25) is 4.39 Å². The average Bonchev–Trinajstić information content (AvgIpc) is 1.99. The molecule has 0 spiro atoms. The molecule has 0 heterocycles. The molecule has 0 fully saturated rings. The molecule has 0 aromatic heterocycles. The molecular formula is C6H14FNO2S. The summed E-state index contributed by atoms with van der Waals surface area (Å²) >= 11 is 0. The van der Waals surface area contributed by atoms with Gasteiger partial charge in [0.25, 0.3) is 0 Å². The summed E-state index contributed by atoms with van der Waals surface area (Å²) in [5.41, 5.74) is 5.16. The van der Waals surface area contributed by atoms with E-state index in [1.807, 2.05) is 0 Å². The number of sulfone groups is 1. The SMILES string of the molecule is CC(CN)S(=O)(=O)CCCF. The third-order valence-corrected chi connectivity index (χ3v) is 3.78. The summed E-state index contributed by atoms with van der Waals surface area (Å²) in [6.07, 6.45) is 0.0761. The molecule has 0 rings (SSSR count). The standard InChI is InChI=1S/C6H14FNO2S/c1-6(5-8)11(9,10)4-2-3-7/h6H,2-5,8H2,1H3. The van der Waals surface area contributed by atoms with Crippen LogP contribution in [0.4, 0.5) is 4.39 Å². The molecule has 0 aromatic rings.